The van der Waals surface area contributed by atoms with Crippen LogP contribution < -0.4 is 0 Å². The third kappa shape index (κ3) is 4.17. The zero-order chi connectivity index (χ0) is 14.4. The Bertz CT molecular complexity index is 396. The third-order valence-electron chi connectivity index (χ3n) is 3.78. The van der Waals surface area contributed by atoms with Gasteiger partial charge in [0.15, 0.2) is 5.78 Å². The number of ketones is 1. The summed E-state index contributed by atoms with van der Waals surface area (Å²) in [4.78, 5) is 14.8. The van der Waals surface area contributed by atoms with Crippen LogP contribution in [0.15, 0.2) is 24.3 Å². The van der Waals surface area contributed by atoms with Gasteiger partial charge < -0.3 is 0 Å². The van der Waals surface area contributed by atoms with Crippen LogP contribution in [0, 0.1) is 12.8 Å². The van der Waals surface area contributed by atoms with Gasteiger partial charge >= 0.3 is 0 Å². The maximum absolute atomic E-state index is 12.6. The first-order valence-electron chi connectivity index (χ1n) is 7.31. The van der Waals surface area contributed by atoms with Crippen molar-refractivity contribution in [2.75, 3.05) is 13.6 Å². The molecule has 0 N–H and O–H groups in total. The minimum Gasteiger partial charge on any atom is -0.297 e. The zero-order valence-electron chi connectivity index (χ0n) is 12.9. The van der Waals surface area contributed by atoms with E-state index in [2.05, 4.69) is 49.9 Å². The second-order valence-corrected chi connectivity index (χ2v) is 5.51. The molecule has 106 valence electrons. The molecule has 0 amide bonds. The summed E-state index contributed by atoms with van der Waals surface area (Å²) in [7, 11) is 2.05. The quantitative estimate of drug-likeness (QED) is 0.739. The fraction of sp³-hybridized carbons (Fsp3) is 0.588. The molecule has 0 heterocycles. The molecular formula is C17H27NO. The highest BCUT2D eigenvalue weighted by Gasteiger charge is 2.27. The highest BCUT2D eigenvalue weighted by Crippen LogP contribution is 2.25. The lowest BCUT2D eigenvalue weighted by molar-refractivity contribution is -0.127. The summed E-state index contributed by atoms with van der Waals surface area (Å²) >= 11 is 0. The van der Waals surface area contributed by atoms with Crippen LogP contribution in [-0.4, -0.2) is 24.3 Å². The Morgan fingerprint density at radius 2 is 1.79 bits per heavy atom. The summed E-state index contributed by atoms with van der Waals surface area (Å²) in [6, 6.07) is 8.26. The Kier molecular flexibility index (Phi) is 6.23. The van der Waals surface area contributed by atoms with Gasteiger partial charge in [-0.05, 0) is 38.9 Å². The lowest BCUT2D eigenvalue weighted by Crippen LogP contribution is -2.34. The molecule has 0 aliphatic rings. The maximum atomic E-state index is 12.6. The molecular weight excluding hydrogens is 234 g/mol. The highest BCUT2D eigenvalue weighted by molar-refractivity contribution is 5.87. The topological polar surface area (TPSA) is 20.3 Å². The predicted octanol–water partition coefficient (Wildman–Crippen LogP) is 3.99. The Balaban J connectivity index is 3.04. The molecule has 0 saturated heterocycles. The molecule has 0 saturated carbocycles. The van der Waals surface area contributed by atoms with E-state index in [0.717, 1.165) is 24.9 Å². The van der Waals surface area contributed by atoms with E-state index < -0.39 is 0 Å². The molecule has 0 bridgehead atoms. The van der Waals surface area contributed by atoms with E-state index >= 15 is 0 Å². The number of benzene rings is 1. The Hall–Kier alpha value is -1.15. The van der Waals surface area contributed by atoms with Crippen LogP contribution in [0.3, 0.4) is 0 Å². The van der Waals surface area contributed by atoms with Gasteiger partial charge in [-0.1, -0.05) is 50.6 Å². The molecule has 0 aromatic heterocycles. The first kappa shape index (κ1) is 15.9. The smallest absolute Gasteiger partial charge is 0.157 e. The highest BCUT2D eigenvalue weighted by atomic mass is 16.1. The van der Waals surface area contributed by atoms with Gasteiger partial charge in [-0.15, -0.1) is 0 Å². The lowest BCUT2D eigenvalue weighted by atomic mass is 9.91. The molecule has 2 nitrogen and oxygen atoms in total. The van der Waals surface area contributed by atoms with Gasteiger partial charge in [0, 0.05) is 5.92 Å². The number of hydrogen-bond donors (Lipinski definition) is 0. The number of carbonyl (C=O) groups excluding carboxylic acids is 1. The van der Waals surface area contributed by atoms with Crippen LogP contribution in [-0.2, 0) is 4.79 Å². The molecule has 19 heavy (non-hydrogen) atoms. The molecule has 1 rings (SSSR count). The summed E-state index contributed by atoms with van der Waals surface area (Å²) < 4.78 is 0. The number of aryl methyl sites for hydroxylation is 1. The van der Waals surface area contributed by atoms with Crippen LogP contribution in [0.5, 0.6) is 0 Å². The second kappa shape index (κ2) is 7.44. The molecule has 1 aromatic carbocycles. The van der Waals surface area contributed by atoms with Crippen molar-refractivity contribution in [3.05, 3.63) is 35.4 Å². The molecule has 0 aliphatic heterocycles. The van der Waals surface area contributed by atoms with Crippen molar-refractivity contribution in [1.82, 2.24) is 4.90 Å². The second-order valence-electron chi connectivity index (χ2n) is 5.51. The van der Waals surface area contributed by atoms with E-state index in [9.17, 15) is 4.79 Å². The van der Waals surface area contributed by atoms with Gasteiger partial charge in [0.05, 0.1) is 6.04 Å². The van der Waals surface area contributed by atoms with Gasteiger partial charge in [-0.3, -0.25) is 9.69 Å². The minimum absolute atomic E-state index is 0.101. The van der Waals surface area contributed by atoms with Crippen molar-refractivity contribution < 1.29 is 4.79 Å². The molecule has 2 unspecified atom stereocenters. The fourth-order valence-corrected chi connectivity index (χ4v) is 2.34. The number of nitrogens with zero attached hydrogens (tertiary/aromatic N) is 1. The summed E-state index contributed by atoms with van der Waals surface area (Å²) in [6.45, 7) is 9.28. The van der Waals surface area contributed by atoms with E-state index in [4.69, 9.17) is 0 Å². The van der Waals surface area contributed by atoms with E-state index in [1.807, 2.05) is 14.0 Å². The summed E-state index contributed by atoms with van der Waals surface area (Å²) in [5.74, 6) is 0.452. The normalized spacial score (nSPS) is 14.4. The van der Waals surface area contributed by atoms with Gasteiger partial charge in [-0.2, -0.15) is 0 Å². The van der Waals surface area contributed by atoms with E-state index in [0.29, 0.717) is 5.78 Å². The van der Waals surface area contributed by atoms with Gasteiger partial charge in [0.25, 0.3) is 0 Å². The molecule has 1 aromatic rings. The largest absolute Gasteiger partial charge is 0.297 e. The molecule has 2 heteroatoms. The minimum atomic E-state index is -0.101. The van der Waals surface area contributed by atoms with Crippen molar-refractivity contribution in [2.24, 2.45) is 5.92 Å². The van der Waals surface area contributed by atoms with Crippen molar-refractivity contribution in [3.8, 4) is 0 Å². The molecule has 0 radical (unpaired) electrons. The van der Waals surface area contributed by atoms with Crippen molar-refractivity contribution in [3.63, 3.8) is 0 Å². The molecule has 0 fully saturated rings. The maximum Gasteiger partial charge on any atom is 0.157 e. The first-order chi connectivity index (χ1) is 9.01. The zero-order valence-corrected chi connectivity index (χ0v) is 12.9. The van der Waals surface area contributed by atoms with Crippen molar-refractivity contribution in [2.45, 2.75) is 46.6 Å². The number of hydrogen-bond acceptors (Lipinski definition) is 2. The summed E-state index contributed by atoms with van der Waals surface area (Å²) in [6.07, 6.45) is 1.97. The predicted molar refractivity (Wildman–Crippen MR) is 81.3 cm³/mol. The van der Waals surface area contributed by atoms with Crippen LogP contribution in [0.4, 0.5) is 0 Å². The Morgan fingerprint density at radius 1 is 1.21 bits per heavy atom. The standard InChI is InChI=1S/C17H27NO/c1-6-12-18(5)16(17(19)14(4)7-2)15-10-8-13(3)9-11-15/h8-11,14,16H,6-7,12H2,1-5H3. The van der Waals surface area contributed by atoms with E-state index in [1.54, 1.807) is 0 Å². The summed E-state index contributed by atoms with van der Waals surface area (Å²) in [5.41, 5.74) is 2.35. The number of likely N-dealkylation sites (N-methyl/N-ethyl adjacent to an activating group) is 1. The van der Waals surface area contributed by atoms with Gasteiger partial charge in [0.1, 0.15) is 0 Å². The van der Waals surface area contributed by atoms with Gasteiger partial charge in [0.2, 0.25) is 0 Å². The number of carbonyl (C=O) groups is 1. The van der Waals surface area contributed by atoms with Crippen LogP contribution in [0.2, 0.25) is 0 Å². The Labute approximate surface area is 117 Å². The molecule has 0 spiro atoms. The van der Waals surface area contributed by atoms with E-state index in [-0.39, 0.29) is 12.0 Å². The summed E-state index contributed by atoms with van der Waals surface area (Å²) in [5, 5.41) is 0. The SMILES string of the molecule is CCCN(C)C(C(=O)C(C)CC)c1ccc(C)cc1. The van der Waals surface area contributed by atoms with E-state index in [1.165, 1.54) is 5.56 Å². The molecule has 2 atom stereocenters. The number of rotatable bonds is 7. The first-order valence-corrected chi connectivity index (χ1v) is 7.31. The van der Waals surface area contributed by atoms with Crippen LogP contribution >= 0.6 is 0 Å². The van der Waals surface area contributed by atoms with Gasteiger partial charge in [-0.25, -0.2) is 0 Å². The average molecular weight is 261 g/mol. The number of Topliss-reactive ketones (excluding diaryl/α,β-unsaturated/α-hetero) is 1. The molecule has 0 aliphatic carbocycles. The van der Waals surface area contributed by atoms with Crippen molar-refractivity contribution in [1.29, 1.82) is 0 Å². The monoisotopic (exact) mass is 261 g/mol. The fourth-order valence-electron chi connectivity index (χ4n) is 2.34. The Morgan fingerprint density at radius 3 is 2.26 bits per heavy atom. The van der Waals surface area contributed by atoms with Crippen LogP contribution in [0.25, 0.3) is 0 Å². The third-order valence-corrected chi connectivity index (χ3v) is 3.78. The average Bonchev–Trinajstić information content (AvgIpc) is 2.40. The van der Waals surface area contributed by atoms with Crippen LogP contribution in [0.1, 0.15) is 50.8 Å². The lowest BCUT2D eigenvalue weighted by Gasteiger charge is -2.29. The van der Waals surface area contributed by atoms with Crippen molar-refractivity contribution >= 4 is 5.78 Å².